The Kier molecular flexibility index (Phi) is 3.54. The predicted octanol–water partition coefficient (Wildman–Crippen LogP) is 2.83. The van der Waals surface area contributed by atoms with Gasteiger partial charge in [-0.25, -0.2) is 0 Å². The van der Waals surface area contributed by atoms with Crippen molar-refractivity contribution < 1.29 is 14.3 Å². The number of hydrogen-bond donors (Lipinski definition) is 0. The van der Waals surface area contributed by atoms with Gasteiger partial charge >= 0.3 is 5.97 Å². The van der Waals surface area contributed by atoms with E-state index in [0.29, 0.717) is 11.5 Å². The monoisotopic (exact) mass is 309 g/mol. The lowest BCUT2D eigenvalue weighted by atomic mass is 9.86. The molecule has 0 spiro atoms. The van der Waals surface area contributed by atoms with E-state index in [4.69, 9.17) is 9.47 Å². The number of carbonyl (C=O) groups is 1. The molecule has 4 heteroatoms. The zero-order valence-electron chi connectivity index (χ0n) is 13.1. The summed E-state index contributed by atoms with van der Waals surface area (Å²) in [6.07, 6.45) is 0. The summed E-state index contributed by atoms with van der Waals surface area (Å²) in [5.74, 6) is 1.39. The SMILES string of the molecule is COc1ccc2c(c1)OC(=O)[C@H]1CN(Cc3ccccc3)C[C@@H]21. The van der Waals surface area contributed by atoms with Gasteiger partial charge in [0, 0.05) is 37.2 Å². The Morgan fingerprint density at radius 1 is 1.13 bits per heavy atom. The summed E-state index contributed by atoms with van der Waals surface area (Å²) in [6.45, 7) is 2.50. The number of fused-ring (bicyclic) bond motifs is 3. The Bertz CT molecular complexity index is 729. The molecule has 2 aromatic rings. The minimum absolute atomic E-state index is 0.0698. The maximum Gasteiger partial charge on any atom is 0.316 e. The summed E-state index contributed by atoms with van der Waals surface area (Å²) in [6, 6.07) is 16.2. The third-order valence-corrected chi connectivity index (χ3v) is 4.78. The maximum absolute atomic E-state index is 12.3. The van der Waals surface area contributed by atoms with Crippen LogP contribution in [0.25, 0.3) is 0 Å². The van der Waals surface area contributed by atoms with Gasteiger partial charge in [0.15, 0.2) is 0 Å². The standard InChI is InChI=1S/C19H19NO3/c1-22-14-7-8-15-16-11-20(10-13-5-3-2-4-6-13)12-17(16)19(21)23-18(15)9-14/h2-9,16-17H,10-12H2,1H3/t16-,17-/m0/s1. The van der Waals surface area contributed by atoms with Crippen molar-refractivity contribution >= 4 is 5.97 Å². The van der Waals surface area contributed by atoms with Gasteiger partial charge in [0.25, 0.3) is 0 Å². The number of ether oxygens (including phenoxy) is 2. The Hall–Kier alpha value is -2.33. The van der Waals surface area contributed by atoms with Gasteiger partial charge in [-0.1, -0.05) is 36.4 Å². The number of carbonyl (C=O) groups excluding carboxylic acids is 1. The first-order valence-electron chi connectivity index (χ1n) is 7.90. The topological polar surface area (TPSA) is 38.8 Å². The molecule has 0 aliphatic carbocycles. The zero-order valence-corrected chi connectivity index (χ0v) is 13.1. The fourth-order valence-electron chi connectivity index (χ4n) is 3.63. The summed E-state index contributed by atoms with van der Waals surface area (Å²) < 4.78 is 10.8. The molecule has 0 amide bonds. The second-order valence-corrected chi connectivity index (χ2v) is 6.22. The largest absolute Gasteiger partial charge is 0.497 e. The molecule has 4 nitrogen and oxygen atoms in total. The zero-order chi connectivity index (χ0) is 15.8. The predicted molar refractivity (Wildman–Crippen MR) is 86.6 cm³/mol. The van der Waals surface area contributed by atoms with Crippen molar-refractivity contribution in [3.8, 4) is 11.5 Å². The Morgan fingerprint density at radius 3 is 2.70 bits per heavy atom. The van der Waals surface area contributed by atoms with E-state index < -0.39 is 0 Å². The number of nitrogens with zero attached hydrogens (tertiary/aromatic N) is 1. The lowest BCUT2D eigenvalue weighted by Crippen LogP contribution is -2.31. The maximum atomic E-state index is 12.3. The molecule has 1 saturated heterocycles. The van der Waals surface area contributed by atoms with Gasteiger partial charge < -0.3 is 9.47 Å². The first-order chi connectivity index (χ1) is 11.2. The van der Waals surface area contributed by atoms with Crippen LogP contribution in [-0.4, -0.2) is 31.1 Å². The van der Waals surface area contributed by atoms with Gasteiger partial charge in [-0.2, -0.15) is 0 Å². The molecule has 2 aliphatic rings. The number of benzene rings is 2. The Labute approximate surface area is 135 Å². The smallest absolute Gasteiger partial charge is 0.316 e. The number of hydrogen-bond acceptors (Lipinski definition) is 4. The van der Waals surface area contributed by atoms with Gasteiger partial charge in [0.2, 0.25) is 0 Å². The fraction of sp³-hybridized carbons (Fsp3) is 0.316. The van der Waals surface area contributed by atoms with Gasteiger partial charge in [-0.3, -0.25) is 9.69 Å². The molecule has 4 rings (SSSR count). The van der Waals surface area contributed by atoms with Crippen LogP contribution < -0.4 is 9.47 Å². The van der Waals surface area contributed by atoms with Crippen molar-refractivity contribution in [1.29, 1.82) is 0 Å². The highest BCUT2D eigenvalue weighted by molar-refractivity contribution is 5.80. The van der Waals surface area contributed by atoms with Gasteiger partial charge in [0.05, 0.1) is 13.0 Å². The lowest BCUT2D eigenvalue weighted by molar-refractivity contribution is -0.140. The first-order valence-corrected chi connectivity index (χ1v) is 7.90. The molecule has 2 aromatic carbocycles. The summed E-state index contributed by atoms with van der Waals surface area (Å²) in [5.41, 5.74) is 2.39. The second-order valence-electron chi connectivity index (χ2n) is 6.22. The molecule has 0 radical (unpaired) electrons. The molecule has 23 heavy (non-hydrogen) atoms. The molecular formula is C19H19NO3. The molecular weight excluding hydrogens is 290 g/mol. The minimum atomic E-state index is -0.119. The minimum Gasteiger partial charge on any atom is -0.497 e. The van der Waals surface area contributed by atoms with Gasteiger partial charge in [-0.05, 0) is 11.6 Å². The van der Waals surface area contributed by atoms with Crippen LogP contribution in [0.2, 0.25) is 0 Å². The highest BCUT2D eigenvalue weighted by Crippen LogP contribution is 2.43. The van der Waals surface area contributed by atoms with Crippen molar-refractivity contribution in [3.05, 3.63) is 59.7 Å². The Morgan fingerprint density at radius 2 is 1.91 bits per heavy atom. The summed E-state index contributed by atoms with van der Waals surface area (Å²) in [7, 11) is 1.62. The lowest BCUT2D eigenvalue weighted by Gasteiger charge is -2.26. The third kappa shape index (κ3) is 2.59. The quantitative estimate of drug-likeness (QED) is 0.645. The van der Waals surface area contributed by atoms with Crippen LogP contribution in [0.1, 0.15) is 17.0 Å². The highest BCUT2D eigenvalue weighted by Gasteiger charge is 2.44. The average molecular weight is 309 g/mol. The highest BCUT2D eigenvalue weighted by atomic mass is 16.5. The van der Waals surface area contributed by atoms with E-state index in [9.17, 15) is 4.79 Å². The summed E-state index contributed by atoms with van der Waals surface area (Å²) >= 11 is 0. The molecule has 118 valence electrons. The molecule has 2 atom stereocenters. The van der Waals surface area contributed by atoms with Crippen LogP contribution in [-0.2, 0) is 11.3 Å². The molecule has 2 heterocycles. The van der Waals surface area contributed by atoms with Crippen LogP contribution in [0.15, 0.2) is 48.5 Å². The molecule has 0 aromatic heterocycles. The summed E-state index contributed by atoms with van der Waals surface area (Å²) in [5, 5.41) is 0. The summed E-state index contributed by atoms with van der Waals surface area (Å²) in [4.78, 5) is 14.7. The van der Waals surface area contributed by atoms with E-state index in [1.807, 2.05) is 36.4 Å². The van der Waals surface area contributed by atoms with E-state index in [1.165, 1.54) is 5.56 Å². The van der Waals surface area contributed by atoms with Crippen molar-refractivity contribution in [2.45, 2.75) is 12.5 Å². The molecule has 0 bridgehead atoms. The Balaban J connectivity index is 1.58. The van der Waals surface area contributed by atoms with E-state index in [2.05, 4.69) is 17.0 Å². The molecule has 2 aliphatic heterocycles. The van der Waals surface area contributed by atoms with E-state index in [-0.39, 0.29) is 17.8 Å². The van der Waals surface area contributed by atoms with Crippen LogP contribution in [0, 0.1) is 5.92 Å². The van der Waals surface area contributed by atoms with Crippen molar-refractivity contribution in [3.63, 3.8) is 0 Å². The number of methoxy groups -OCH3 is 1. The first kappa shape index (κ1) is 14.3. The van der Waals surface area contributed by atoms with E-state index >= 15 is 0 Å². The van der Waals surface area contributed by atoms with Crippen molar-refractivity contribution in [2.24, 2.45) is 5.92 Å². The van der Waals surface area contributed by atoms with Gasteiger partial charge in [0.1, 0.15) is 11.5 Å². The molecule has 0 unspecified atom stereocenters. The third-order valence-electron chi connectivity index (χ3n) is 4.78. The van der Waals surface area contributed by atoms with Crippen LogP contribution in [0.4, 0.5) is 0 Å². The van der Waals surface area contributed by atoms with Crippen LogP contribution >= 0.6 is 0 Å². The van der Waals surface area contributed by atoms with E-state index in [0.717, 1.165) is 25.2 Å². The van der Waals surface area contributed by atoms with E-state index in [1.54, 1.807) is 7.11 Å². The average Bonchev–Trinajstić information content (AvgIpc) is 3.00. The number of esters is 1. The number of likely N-dealkylation sites (tertiary alicyclic amines) is 1. The number of rotatable bonds is 3. The second kappa shape index (κ2) is 5.70. The van der Waals surface area contributed by atoms with Crippen LogP contribution in [0.3, 0.4) is 0 Å². The van der Waals surface area contributed by atoms with Crippen molar-refractivity contribution in [1.82, 2.24) is 4.90 Å². The van der Waals surface area contributed by atoms with Gasteiger partial charge in [-0.15, -0.1) is 0 Å². The van der Waals surface area contributed by atoms with Crippen molar-refractivity contribution in [2.75, 3.05) is 20.2 Å². The molecule has 0 saturated carbocycles. The molecule has 0 N–H and O–H groups in total. The van der Waals surface area contributed by atoms with Crippen LogP contribution in [0.5, 0.6) is 11.5 Å². The fourth-order valence-corrected chi connectivity index (χ4v) is 3.63. The normalized spacial score (nSPS) is 23.1. The molecule has 1 fully saturated rings.